The van der Waals surface area contributed by atoms with E-state index in [-0.39, 0.29) is 12.6 Å². The number of rotatable bonds is 8. The molecular formula is C21H19ClF3N3O3. The molecule has 6 nitrogen and oxygen atoms in total. The first kappa shape index (κ1) is 22.6. The van der Waals surface area contributed by atoms with Gasteiger partial charge < -0.3 is 14.8 Å². The van der Waals surface area contributed by atoms with Gasteiger partial charge in [-0.15, -0.1) is 0 Å². The van der Waals surface area contributed by atoms with Gasteiger partial charge in [0.05, 0.1) is 18.1 Å². The zero-order valence-electron chi connectivity index (χ0n) is 16.4. The van der Waals surface area contributed by atoms with Crippen LogP contribution in [0.4, 0.5) is 18.9 Å². The average molecular weight is 454 g/mol. The third-order valence-electron chi connectivity index (χ3n) is 4.13. The highest BCUT2D eigenvalue weighted by Crippen LogP contribution is 2.22. The molecule has 0 bridgehead atoms. The molecule has 0 unspecified atom stereocenters. The predicted molar refractivity (Wildman–Crippen MR) is 109 cm³/mol. The molecule has 1 amide bonds. The molecule has 10 heteroatoms. The Hall–Kier alpha value is -3.04. The number of amides is 1. The fraction of sp³-hybridized carbons (Fsp3) is 0.238. The molecule has 0 aliphatic carbocycles. The second-order valence-corrected chi connectivity index (χ2v) is 7.12. The van der Waals surface area contributed by atoms with Crippen LogP contribution in [0.5, 0.6) is 5.75 Å². The Morgan fingerprint density at radius 1 is 1.19 bits per heavy atom. The topological polar surface area (TPSA) is 65.4 Å². The Morgan fingerprint density at radius 2 is 1.94 bits per heavy atom. The molecule has 0 atom stereocenters. The number of aryl methyl sites for hydroxylation is 1. The van der Waals surface area contributed by atoms with E-state index in [4.69, 9.17) is 16.3 Å². The summed E-state index contributed by atoms with van der Waals surface area (Å²) in [6.07, 6.45) is -1.70. The zero-order valence-corrected chi connectivity index (χ0v) is 17.2. The lowest BCUT2D eigenvalue weighted by atomic mass is 10.1. The summed E-state index contributed by atoms with van der Waals surface area (Å²) in [5, 5.41) is 7.14. The molecule has 0 fully saturated rings. The normalized spacial score (nSPS) is 11.4. The minimum atomic E-state index is -4.41. The number of halogens is 4. The molecular weight excluding hydrogens is 435 g/mol. The second kappa shape index (κ2) is 9.84. The first-order chi connectivity index (χ1) is 14.7. The van der Waals surface area contributed by atoms with Crippen LogP contribution < -0.4 is 10.1 Å². The summed E-state index contributed by atoms with van der Waals surface area (Å²) in [6, 6.07) is 12.2. The lowest BCUT2D eigenvalue weighted by Gasteiger charge is -2.09. The van der Waals surface area contributed by atoms with Gasteiger partial charge in [0.15, 0.2) is 0 Å². The van der Waals surface area contributed by atoms with Crippen LogP contribution in [0.25, 0.3) is 0 Å². The van der Waals surface area contributed by atoms with Gasteiger partial charge in [-0.3, -0.25) is 4.79 Å². The first-order valence-electron chi connectivity index (χ1n) is 9.16. The summed E-state index contributed by atoms with van der Waals surface area (Å²) in [7, 11) is 0. The molecule has 0 radical (unpaired) electrons. The number of carbonyl (C=O) groups is 1. The number of benzene rings is 2. The maximum atomic E-state index is 12.4. The molecule has 31 heavy (non-hydrogen) atoms. The van der Waals surface area contributed by atoms with E-state index < -0.39 is 12.8 Å². The Bertz CT molecular complexity index is 1040. The summed E-state index contributed by atoms with van der Waals surface area (Å²) in [4.78, 5) is 12.4. The summed E-state index contributed by atoms with van der Waals surface area (Å²) in [5.74, 6) is 0.316. The van der Waals surface area contributed by atoms with Gasteiger partial charge in [0.1, 0.15) is 25.7 Å². The molecule has 1 aromatic heterocycles. The molecule has 3 rings (SSSR count). The van der Waals surface area contributed by atoms with E-state index in [0.29, 0.717) is 28.6 Å². The molecule has 0 saturated heterocycles. The number of ether oxygens (including phenoxy) is 2. The average Bonchev–Trinajstić information content (AvgIpc) is 3.15. The Labute approximate surface area is 181 Å². The highest BCUT2D eigenvalue weighted by atomic mass is 35.5. The van der Waals surface area contributed by atoms with Crippen molar-refractivity contribution in [3.63, 3.8) is 0 Å². The number of carbonyl (C=O) groups excluding carboxylic acids is 1. The maximum absolute atomic E-state index is 12.4. The van der Waals surface area contributed by atoms with Crippen molar-refractivity contribution in [1.82, 2.24) is 9.78 Å². The van der Waals surface area contributed by atoms with Crippen molar-refractivity contribution in [2.75, 3.05) is 11.9 Å². The van der Waals surface area contributed by atoms with E-state index in [1.165, 1.54) is 12.4 Å². The van der Waals surface area contributed by atoms with Crippen LogP contribution in [0.15, 0.2) is 54.9 Å². The number of anilines is 1. The van der Waals surface area contributed by atoms with E-state index in [9.17, 15) is 18.0 Å². The van der Waals surface area contributed by atoms with Crippen molar-refractivity contribution in [2.24, 2.45) is 0 Å². The van der Waals surface area contributed by atoms with Gasteiger partial charge in [-0.25, -0.2) is 4.68 Å². The molecule has 1 heterocycles. The fourth-order valence-electron chi connectivity index (χ4n) is 2.58. The van der Waals surface area contributed by atoms with Gasteiger partial charge in [0, 0.05) is 10.6 Å². The van der Waals surface area contributed by atoms with Crippen LogP contribution in [0.3, 0.4) is 0 Å². The number of nitrogens with one attached hydrogen (secondary N) is 1. The van der Waals surface area contributed by atoms with E-state index in [1.807, 2.05) is 13.0 Å². The summed E-state index contributed by atoms with van der Waals surface area (Å²) < 4.78 is 47.7. The van der Waals surface area contributed by atoms with Gasteiger partial charge in [-0.2, -0.15) is 18.3 Å². The Morgan fingerprint density at radius 3 is 2.61 bits per heavy atom. The molecule has 0 spiro atoms. The Balaban J connectivity index is 1.50. The van der Waals surface area contributed by atoms with Gasteiger partial charge >= 0.3 is 6.18 Å². The van der Waals surface area contributed by atoms with E-state index in [0.717, 1.165) is 15.8 Å². The lowest BCUT2D eigenvalue weighted by Crippen LogP contribution is -2.18. The number of aromatic nitrogens is 2. The van der Waals surface area contributed by atoms with Gasteiger partial charge in [-0.1, -0.05) is 23.7 Å². The maximum Gasteiger partial charge on any atom is 0.411 e. The van der Waals surface area contributed by atoms with Crippen LogP contribution in [-0.2, 0) is 18.1 Å². The minimum Gasteiger partial charge on any atom is -0.489 e. The number of nitrogens with zero attached hydrogens (tertiary/aromatic N) is 2. The van der Waals surface area contributed by atoms with Crippen LogP contribution in [-0.4, -0.2) is 28.5 Å². The fourth-order valence-corrected chi connectivity index (χ4v) is 2.70. The van der Waals surface area contributed by atoms with Gasteiger partial charge in [0.25, 0.3) is 5.91 Å². The quantitative estimate of drug-likeness (QED) is 0.508. The van der Waals surface area contributed by atoms with Crippen LogP contribution >= 0.6 is 11.6 Å². The molecule has 0 saturated carbocycles. The van der Waals surface area contributed by atoms with Crippen molar-refractivity contribution in [3.05, 3.63) is 76.6 Å². The molecule has 0 aliphatic rings. The van der Waals surface area contributed by atoms with Crippen LogP contribution in [0, 0.1) is 6.92 Å². The smallest absolute Gasteiger partial charge is 0.411 e. The third kappa shape index (κ3) is 7.01. The van der Waals surface area contributed by atoms with Crippen molar-refractivity contribution in [2.45, 2.75) is 26.4 Å². The van der Waals surface area contributed by atoms with Crippen LogP contribution in [0.2, 0.25) is 5.02 Å². The first-order valence-corrected chi connectivity index (χ1v) is 9.53. The monoisotopic (exact) mass is 453 g/mol. The van der Waals surface area contributed by atoms with E-state index in [1.54, 1.807) is 36.4 Å². The standard InChI is InChI=1S/C21H19ClF3N3O3/c1-14-8-18(6-7-19(14)22)31-11-15-2-4-16(5-3-15)20(29)27-17-9-26-28(10-17)13-30-12-21(23,24)25/h2-10H,11-13H2,1H3,(H,27,29). The van der Waals surface area contributed by atoms with Gasteiger partial charge in [0.2, 0.25) is 0 Å². The highest BCUT2D eigenvalue weighted by molar-refractivity contribution is 6.31. The Kier molecular flexibility index (Phi) is 7.19. The van der Waals surface area contributed by atoms with E-state index in [2.05, 4.69) is 15.2 Å². The lowest BCUT2D eigenvalue weighted by molar-refractivity contribution is -0.182. The van der Waals surface area contributed by atoms with Gasteiger partial charge in [-0.05, 0) is 48.4 Å². The molecule has 164 valence electrons. The SMILES string of the molecule is Cc1cc(OCc2ccc(C(=O)Nc3cnn(COCC(F)(F)F)c3)cc2)ccc1Cl. The molecule has 0 aliphatic heterocycles. The largest absolute Gasteiger partial charge is 0.489 e. The molecule has 2 aromatic carbocycles. The van der Waals surface area contributed by atoms with Crippen molar-refractivity contribution in [1.29, 1.82) is 0 Å². The second-order valence-electron chi connectivity index (χ2n) is 6.71. The molecule has 1 N–H and O–H groups in total. The van der Waals surface area contributed by atoms with Crippen molar-refractivity contribution < 1.29 is 27.4 Å². The number of alkyl halides is 3. The molecule has 3 aromatic rings. The third-order valence-corrected chi connectivity index (χ3v) is 4.56. The van der Waals surface area contributed by atoms with E-state index >= 15 is 0 Å². The minimum absolute atomic E-state index is 0.327. The summed E-state index contributed by atoms with van der Waals surface area (Å²) in [6.45, 7) is 0.467. The summed E-state index contributed by atoms with van der Waals surface area (Å²) in [5.41, 5.74) is 2.54. The summed E-state index contributed by atoms with van der Waals surface area (Å²) >= 11 is 6.00. The van der Waals surface area contributed by atoms with Crippen molar-refractivity contribution >= 4 is 23.2 Å². The zero-order chi connectivity index (χ0) is 22.4. The number of hydrogen-bond acceptors (Lipinski definition) is 4. The predicted octanol–water partition coefficient (Wildman–Crippen LogP) is 5.21. The number of hydrogen-bond donors (Lipinski definition) is 1. The van der Waals surface area contributed by atoms with Crippen molar-refractivity contribution in [3.8, 4) is 5.75 Å². The van der Waals surface area contributed by atoms with Crippen LogP contribution in [0.1, 0.15) is 21.5 Å². The highest BCUT2D eigenvalue weighted by Gasteiger charge is 2.27.